The Morgan fingerprint density at radius 3 is 1.89 bits per heavy atom. The molecule has 7 heteroatoms. The summed E-state index contributed by atoms with van der Waals surface area (Å²) in [6.07, 6.45) is -1.57. The van der Waals surface area contributed by atoms with Gasteiger partial charge in [0.25, 0.3) is 0 Å². The van der Waals surface area contributed by atoms with E-state index in [4.69, 9.17) is 23.1 Å². The van der Waals surface area contributed by atoms with E-state index >= 15 is 0 Å². The molecule has 0 atom stereocenters. The van der Waals surface area contributed by atoms with Gasteiger partial charge in [0.05, 0.1) is 19.8 Å². The summed E-state index contributed by atoms with van der Waals surface area (Å²) in [6, 6.07) is 0. The van der Waals surface area contributed by atoms with Crippen molar-refractivity contribution in [1.29, 1.82) is 0 Å². The van der Waals surface area contributed by atoms with Crippen LogP contribution in [0, 0.1) is 0 Å². The molecule has 0 aromatic rings. The van der Waals surface area contributed by atoms with Crippen molar-refractivity contribution in [2.45, 2.75) is 33.9 Å². The number of rotatable bonds is 10. The van der Waals surface area contributed by atoms with Gasteiger partial charge in [0, 0.05) is 5.57 Å². The van der Waals surface area contributed by atoms with Crippen LogP contribution in [-0.2, 0) is 27.9 Å². The van der Waals surface area contributed by atoms with Crippen LogP contribution < -0.4 is 0 Å². The van der Waals surface area contributed by atoms with E-state index < -0.39 is 22.1 Å². The van der Waals surface area contributed by atoms with Gasteiger partial charge in [0.15, 0.2) is 0 Å². The van der Waals surface area contributed by atoms with Gasteiger partial charge in [-0.25, -0.2) is 4.79 Å². The third kappa shape index (κ3) is 6.27. The summed E-state index contributed by atoms with van der Waals surface area (Å²) in [7, 11) is -1.63. The fraction of sp³-hybridized carbons (Fsp3) is 0.727. The predicted molar refractivity (Wildman–Crippen MR) is 68.1 cm³/mol. The van der Waals surface area contributed by atoms with Gasteiger partial charge in [-0.15, -0.1) is 0 Å². The maximum absolute atomic E-state index is 11.2. The summed E-state index contributed by atoms with van der Waals surface area (Å²) in [5.74, 6) is -0.486. The van der Waals surface area contributed by atoms with Gasteiger partial charge in [0.2, 0.25) is 0 Å². The second-order valence-electron chi connectivity index (χ2n) is 3.27. The van der Waals surface area contributed by atoms with Crippen LogP contribution in [0.3, 0.4) is 0 Å². The number of hydrogen-bond acceptors (Lipinski definition) is 6. The summed E-state index contributed by atoms with van der Waals surface area (Å²) in [5, 5.41) is 0. The molecule has 0 unspecified atom stereocenters. The topological polar surface area (TPSA) is 63.2 Å². The molecular weight excluding hydrogens is 256 g/mol. The molecule has 0 spiro atoms. The number of hydrogen-bond donors (Lipinski definition) is 0. The first-order chi connectivity index (χ1) is 8.51. The standard InChI is InChI=1S/C11H22O6Si/c1-6-13-11(14-7-2,15-8-3)17-18-16-10(12)9(4)5/h4,6-8,18H2,1-3,5H3. The molecule has 0 rings (SSSR count). The maximum Gasteiger partial charge on any atom is 0.405 e. The Hall–Kier alpha value is -0.733. The van der Waals surface area contributed by atoms with Crippen molar-refractivity contribution in [1.82, 2.24) is 0 Å². The molecule has 18 heavy (non-hydrogen) atoms. The molecule has 0 heterocycles. The van der Waals surface area contributed by atoms with Gasteiger partial charge in [-0.1, -0.05) is 6.58 Å². The lowest BCUT2D eigenvalue weighted by Crippen LogP contribution is -2.44. The van der Waals surface area contributed by atoms with E-state index in [2.05, 4.69) is 6.58 Å². The molecule has 6 nitrogen and oxygen atoms in total. The summed E-state index contributed by atoms with van der Waals surface area (Å²) in [5.41, 5.74) is 0.320. The van der Waals surface area contributed by atoms with Crippen LogP contribution in [0.2, 0.25) is 0 Å². The van der Waals surface area contributed by atoms with Crippen LogP contribution in [-0.4, -0.2) is 42.0 Å². The van der Waals surface area contributed by atoms with E-state index in [1.54, 1.807) is 27.7 Å². The average molecular weight is 278 g/mol. The average Bonchev–Trinajstić information content (AvgIpc) is 2.29. The molecule has 0 amide bonds. The molecule has 0 aliphatic rings. The maximum atomic E-state index is 11.2. The van der Waals surface area contributed by atoms with Gasteiger partial charge in [-0.05, 0) is 27.7 Å². The zero-order valence-corrected chi connectivity index (χ0v) is 12.9. The Balaban J connectivity index is 4.37. The zero-order chi connectivity index (χ0) is 14.0. The van der Waals surface area contributed by atoms with E-state index in [0.29, 0.717) is 25.4 Å². The molecule has 0 aliphatic carbocycles. The van der Waals surface area contributed by atoms with E-state index in [-0.39, 0.29) is 0 Å². The Morgan fingerprint density at radius 1 is 1.11 bits per heavy atom. The highest BCUT2D eigenvalue weighted by atomic mass is 28.3. The lowest BCUT2D eigenvalue weighted by Gasteiger charge is -2.30. The van der Waals surface area contributed by atoms with Gasteiger partial charge < -0.3 is 23.1 Å². The Bertz CT molecular complexity index is 251. The first kappa shape index (κ1) is 17.3. The number of carbonyl (C=O) groups is 1. The Morgan fingerprint density at radius 2 is 1.56 bits per heavy atom. The van der Waals surface area contributed by atoms with Crippen molar-refractivity contribution in [3.8, 4) is 0 Å². The zero-order valence-electron chi connectivity index (χ0n) is 11.5. The lowest BCUT2D eigenvalue weighted by molar-refractivity contribution is -0.471. The highest BCUT2D eigenvalue weighted by Crippen LogP contribution is 2.17. The summed E-state index contributed by atoms with van der Waals surface area (Å²) in [6.45, 7) is 11.5. The number of carbonyl (C=O) groups excluding carboxylic acids is 1. The molecule has 0 fully saturated rings. The third-order valence-corrected chi connectivity index (χ3v) is 2.59. The van der Waals surface area contributed by atoms with E-state index in [1.807, 2.05) is 0 Å². The van der Waals surface area contributed by atoms with Crippen LogP contribution in [0.25, 0.3) is 0 Å². The summed E-state index contributed by atoms with van der Waals surface area (Å²) < 4.78 is 26.2. The molecular formula is C11H22O6Si. The van der Waals surface area contributed by atoms with Crippen molar-refractivity contribution < 1.29 is 27.9 Å². The molecule has 0 aliphatic heterocycles. The molecule has 0 bridgehead atoms. The predicted octanol–water partition coefficient (Wildman–Crippen LogP) is 0.842. The van der Waals surface area contributed by atoms with Crippen molar-refractivity contribution in [2.75, 3.05) is 19.8 Å². The van der Waals surface area contributed by atoms with E-state index in [1.165, 1.54) is 0 Å². The summed E-state index contributed by atoms with van der Waals surface area (Å²) >= 11 is 0. The Kier molecular flexibility index (Phi) is 8.85. The molecule has 0 aromatic carbocycles. The first-order valence-electron chi connectivity index (χ1n) is 5.89. The van der Waals surface area contributed by atoms with Crippen LogP contribution >= 0.6 is 0 Å². The molecule has 0 saturated heterocycles. The lowest BCUT2D eigenvalue weighted by atomic mass is 10.4. The van der Waals surface area contributed by atoms with Gasteiger partial charge in [-0.3, -0.25) is 0 Å². The van der Waals surface area contributed by atoms with Crippen molar-refractivity contribution in [3.63, 3.8) is 0 Å². The second-order valence-corrected chi connectivity index (χ2v) is 4.09. The highest BCUT2D eigenvalue weighted by molar-refractivity contribution is 6.23. The van der Waals surface area contributed by atoms with Gasteiger partial charge in [0.1, 0.15) is 0 Å². The van der Waals surface area contributed by atoms with E-state index in [9.17, 15) is 4.79 Å². The number of ether oxygens (including phenoxy) is 3. The first-order valence-corrected chi connectivity index (χ1v) is 7.05. The van der Waals surface area contributed by atoms with Crippen LogP contribution in [0.5, 0.6) is 0 Å². The molecule has 0 saturated carbocycles. The molecule has 0 radical (unpaired) electrons. The third-order valence-electron chi connectivity index (χ3n) is 1.74. The Labute approximate surface area is 110 Å². The molecule has 106 valence electrons. The van der Waals surface area contributed by atoms with Crippen molar-refractivity contribution in [3.05, 3.63) is 12.2 Å². The van der Waals surface area contributed by atoms with Gasteiger partial charge >= 0.3 is 22.1 Å². The van der Waals surface area contributed by atoms with Crippen LogP contribution in [0.15, 0.2) is 12.2 Å². The fourth-order valence-electron chi connectivity index (χ4n) is 1.06. The minimum absolute atomic E-state index is 0.320. The normalized spacial score (nSPS) is 12.0. The second kappa shape index (κ2) is 9.23. The highest BCUT2D eigenvalue weighted by Gasteiger charge is 2.34. The van der Waals surface area contributed by atoms with Gasteiger partial charge in [-0.2, -0.15) is 0 Å². The quantitative estimate of drug-likeness (QED) is 0.335. The minimum atomic E-state index is -1.63. The van der Waals surface area contributed by atoms with E-state index in [0.717, 1.165) is 0 Å². The molecule has 0 N–H and O–H groups in total. The summed E-state index contributed by atoms with van der Waals surface area (Å²) in [4.78, 5) is 11.2. The fourth-order valence-corrected chi connectivity index (χ4v) is 1.87. The smallest absolute Gasteiger partial charge is 0.405 e. The molecule has 0 aromatic heterocycles. The van der Waals surface area contributed by atoms with Crippen LogP contribution in [0.4, 0.5) is 0 Å². The van der Waals surface area contributed by atoms with Crippen LogP contribution in [0.1, 0.15) is 27.7 Å². The minimum Gasteiger partial charge on any atom is -0.496 e. The van der Waals surface area contributed by atoms with Crippen molar-refractivity contribution in [2.24, 2.45) is 0 Å². The SMILES string of the molecule is C=C(C)C(=O)O[SiH2]OC(OCC)(OCC)OCC. The largest absolute Gasteiger partial charge is 0.496 e. The van der Waals surface area contributed by atoms with Crippen molar-refractivity contribution >= 4 is 16.0 Å². The monoisotopic (exact) mass is 278 g/mol.